The first kappa shape index (κ1) is 15.4. The Morgan fingerprint density at radius 2 is 2.14 bits per heavy atom. The van der Waals surface area contributed by atoms with Crippen LogP contribution in [-0.4, -0.2) is 28.6 Å². The molecule has 0 aliphatic carbocycles. The van der Waals surface area contributed by atoms with Gasteiger partial charge in [-0.3, -0.25) is 4.68 Å². The van der Waals surface area contributed by atoms with Crippen LogP contribution in [0.15, 0.2) is 36.7 Å². The van der Waals surface area contributed by atoms with Crippen molar-refractivity contribution in [1.29, 1.82) is 0 Å². The molecular weight excluding hydrogens is 268 g/mol. The summed E-state index contributed by atoms with van der Waals surface area (Å²) in [6, 6.07) is 6.75. The van der Waals surface area contributed by atoms with E-state index < -0.39 is 0 Å². The molecule has 5 nitrogen and oxygen atoms in total. The van der Waals surface area contributed by atoms with Crippen LogP contribution >= 0.6 is 0 Å². The van der Waals surface area contributed by atoms with E-state index >= 15 is 0 Å². The summed E-state index contributed by atoms with van der Waals surface area (Å²) in [5.74, 6) is 1.32. The second-order valence-electron chi connectivity index (χ2n) is 5.45. The minimum Gasteiger partial charge on any atom is -0.508 e. The van der Waals surface area contributed by atoms with Crippen LogP contribution in [0.4, 0.5) is 0 Å². The summed E-state index contributed by atoms with van der Waals surface area (Å²) in [4.78, 5) is 0. The molecule has 21 heavy (non-hydrogen) atoms. The standard InChI is InChI=1S/C16H22N2O3/c1-12(2)9-18-10-13(8-17-18)16(11-20-3)21-15-6-4-5-14(19)7-15/h4-8,10,12,16,19H,9,11H2,1-3H3. The lowest BCUT2D eigenvalue weighted by molar-refractivity contribution is 0.0808. The van der Waals surface area contributed by atoms with Gasteiger partial charge >= 0.3 is 0 Å². The van der Waals surface area contributed by atoms with Gasteiger partial charge in [-0.15, -0.1) is 0 Å². The van der Waals surface area contributed by atoms with Gasteiger partial charge < -0.3 is 14.6 Å². The first-order valence-corrected chi connectivity index (χ1v) is 7.05. The average molecular weight is 290 g/mol. The fraction of sp³-hybridized carbons (Fsp3) is 0.438. The van der Waals surface area contributed by atoms with Crippen molar-refractivity contribution in [2.75, 3.05) is 13.7 Å². The third-order valence-electron chi connectivity index (χ3n) is 2.99. The van der Waals surface area contributed by atoms with Crippen molar-refractivity contribution in [3.05, 3.63) is 42.2 Å². The van der Waals surface area contributed by atoms with E-state index in [1.54, 1.807) is 37.6 Å². The van der Waals surface area contributed by atoms with Crippen molar-refractivity contribution in [3.8, 4) is 11.5 Å². The largest absolute Gasteiger partial charge is 0.508 e. The minimum absolute atomic E-state index is 0.180. The fourth-order valence-corrected chi connectivity index (χ4v) is 2.09. The average Bonchev–Trinajstić information content (AvgIpc) is 2.86. The highest BCUT2D eigenvalue weighted by Crippen LogP contribution is 2.25. The van der Waals surface area contributed by atoms with Crippen LogP contribution in [0.1, 0.15) is 25.5 Å². The Kier molecular flexibility index (Phi) is 5.22. The molecule has 1 heterocycles. The van der Waals surface area contributed by atoms with Gasteiger partial charge in [0.25, 0.3) is 0 Å². The number of aromatic hydroxyl groups is 1. The molecule has 1 atom stereocenters. The summed E-state index contributed by atoms with van der Waals surface area (Å²) in [6.07, 6.45) is 3.53. The predicted octanol–water partition coefficient (Wildman–Crippen LogP) is 3.01. The molecule has 5 heteroatoms. The van der Waals surface area contributed by atoms with Gasteiger partial charge in [-0.25, -0.2) is 0 Å². The van der Waals surface area contributed by atoms with Crippen molar-refractivity contribution in [1.82, 2.24) is 9.78 Å². The molecule has 1 aromatic carbocycles. The van der Waals surface area contributed by atoms with E-state index in [4.69, 9.17) is 9.47 Å². The number of hydrogen-bond donors (Lipinski definition) is 1. The molecule has 1 aromatic heterocycles. The Bertz CT molecular complexity index is 566. The van der Waals surface area contributed by atoms with E-state index in [-0.39, 0.29) is 11.9 Å². The summed E-state index contributed by atoms with van der Waals surface area (Å²) in [7, 11) is 1.64. The first-order chi connectivity index (χ1) is 10.1. The van der Waals surface area contributed by atoms with Crippen LogP contribution in [0, 0.1) is 5.92 Å². The Hall–Kier alpha value is -2.01. The third kappa shape index (κ3) is 4.49. The van der Waals surface area contributed by atoms with Crippen molar-refractivity contribution in [3.63, 3.8) is 0 Å². The molecule has 1 unspecified atom stereocenters. The van der Waals surface area contributed by atoms with E-state index in [0.29, 0.717) is 18.3 Å². The molecule has 2 aromatic rings. The molecule has 0 bridgehead atoms. The normalized spacial score (nSPS) is 12.6. The zero-order valence-corrected chi connectivity index (χ0v) is 12.7. The molecular formula is C16H22N2O3. The van der Waals surface area contributed by atoms with Gasteiger partial charge in [0.2, 0.25) is 0 Å². The molecule has 114 valence electrons. The Morgan fingerprint density at radius 3 is 2.81 bits per heavy atom. The Morgan fingerprint density at radius 1 is 1.33 bits per heavy atom. The summed E-state index contributed by atoms with van der Waals surface area (Å²) < 4.78 is 13.0. The van der Waals surface area contributed by atoms with Crippen molar-refractivity contribution < 1.29 is 14.6 Å². The molecule has 2 rings (SSSR count). The summed E-state index contributed by atoms with van der Waals surface area (Å²) in [6.45, 7) is 5.59. The smallest absolute Gasteiger partial charge is 0.150 e. The maximum absolute atomic E-state index is 9.50. The maximum Gasteiger partial charge on any atom is 0.150 e. The van der Waals surface area contributed by atoms with Gasteiger partial charge in [-0.2, -0.15) is 5.10 Å². The summed E-state index contributed by atoms with van der Waals surface area (Å²) in [5, 5.41) is 13.9. The highest BCUT2D eigenvalue weighted by Gasteiger charge is 2.16. The van der Waals surface area contributed by atoms with E-state index in [1.807, 2.05) is 10.9 Å². The number of benzene rings is 1. The van der Waals surface area contributed by atoms with Crippen molar-refractivity contribution in [2.24, 2.45) is 5.92 Å². The van der Waals surface area contributed by atoms with Gasteiger partial charge in [0, 0.05) is 31.5 Å². The summed E-state index contributed by atoms with van der Waals surface area (Å²) >= 11 is 0. The van der Waals surface area contributed by atoms with Gasteiger partial charge in [0.05, 0.1) is 12.8 Å². The number of phenolic OH excluding ortho intramolecular Hbond substituents is 1. The minimum atomic E-state index is -0.252. The highest BCUT2D eigenvalue weighted by atomic mass is 16.5. The van der Waals surface area contributed by atoms with Crippen LogP contribution < -0.4 is 4.74 Å². The molecule has 0 aliphatic heterocycles. The molecule has 0 spiro atoms. The van der Waals surface area contributed by atoms with Crippen molar-refractivity contribution in [2.45, 2.75) is 26.5 Å². The topological polar surface area (TPSA) is 56.5 Å². The fourth-order valence-electron chi connectivity index (χ4n) is 2.09. The second kappa shape index (κ2) is 7.13. The number of methoxy groups -OCH3 is 1. The lowest BCUT2D eigenvalue weighted by atomic mass is 10.2. The number of aromatic nitrogens is 2. The molecule has 0 aliphatic rings. The Labute approximate surface area is 125 Å². The lowest BCUT2D eigenvalue weighted by Crippen LogP contribution is -2.13. The molecule has 0 fully saturated rings. The van der Waals surface area contributed by atoms with Gasteiger partial charge in [0.1, 0.15) is 17.6 Å². The molecule has 0 saturated heterocycles. The lowest BCUT2D eigenvalue weighted by Gasteiger charge is -2.17. The molecule has 0 saturated carbocycles. The molecule has 0 amide bonds. The first-order valence-electron chi connectivity index (χ1n) is 7.05. The van der Waals surface area contributed by atoms with Gasteiger partial charge in [-0.05, 0) is 18.1 Å². The number of phenols is 1. The van der Waals surface area contributed by atoms with E-state index in [9.17, 15) is 5.11 Å². The van der Waals surface area contributed by atoms with Crippen LogP contribution in [0.5, 0.6) is 11.5 Å². The monoisotopic (exact) mass is 290 g/mol. The number of hydrogen-bond acceptors (Lipinski definition) is 4. The summed E-state index contributed by atoms with van der Waals surface area (Å²) in [5.41, 5.74) is 0.959. The van der Waals surface area contributed by atoms with Crippen LogP contribution in [0.2, 0.25) is 0 Å². The quantitative estimate of drug-likeness (QED) is 0.851. The molecule has 1 N–H and O–H groups in total. The number of rotatable bonds is 7. The third-order valence-corrected chi connectivity index (χ3v) is 2.99. The zero-order chi connectivity index (χ0) is 15.2. The predicted molar refractivity (Wildman–Crippen MR) is 80.4 cm³/mol. The van der Waals surface area contributed by atoms with Crippen LogP contribution in [-0.2, 0) is 11.3 Å². The van der Waals surface area contributed by atoms with Crippen LogP contribution in [0.25, 0.3) is 0 Å². The number of ether oxygens (including phenoxy) is 2. The zero-order valence-electron chi connectivity index (χ0n) is 12.7. The SMILES string of the molecule is COCC(Oc1cccc(O)c1)c1cnn(CC(C)C)c1. The van der Waals surface area contributed by atoms with Crippen molar-refractivity contribution >= 4 is 0 Å². The van der Waals surface area contributed by atoms with E-state index in [1.165, 1.54) is 0 Å². The second-order valence-corrected chi connectivity index (χ2v) is 5.45. The Balaban J connectivity index is 2.12. The highest BCUT2D eigenvalue weighted by molar-refractivity contribution is 5.32. The maximum atomic E-state index is 9.50. The molecule has 0 radical (unpaired) electrons. The van der Waals surface area contributed by atoms with Crippen LogP contribution in [0.3, 0.4) is 0 Å². The van der Waals surface area contributed by atoms with Gasteiger partial charge in [-0.1, -0.05) is 19.9 Å². The number of nitrogens with zero attached hydrogens (tertiary/aromatic N) is 2. The van der Waals surface area contributed by atoms with E-state index in [0.717, 1.165) is 12.1 Å². The van der Waals surface area contributed by atoms with Gasteiger partial charge in [0.15, 0.2) is 0 Å². The van der Waals surface area contributed by atoms with E-state index in [2.05, 4.69) is 18.9 Å².